The molecule has 2 N–H and O–H groups in total. The van der Waals surface area contributed by atoms with Crippen LogP contribution in [-0.2, 0) is 13.2 Å². The lowest BCUT2D eigenvalue weighted by Crippen LogP contribution is -2.06. The average molecular weight is 247 g/mol. The van der Waals surface area contributed by atoms with Crippen LogP contribution in [0.5, 0.6) is 0 Å². The molecule has 86 valence electrons. The van der Waals surface area contributed by atoms with Crippen LogP contribution in [0.15, 0.2) is 18.2 Å². The zero-order valence-corrected chi connectivity index (χ0v) is 9.06. The number of halogens is 3. The lowest BCUT2D eigenvalue weighted by molar-refractivity contribution is -0.141. The van der Waals surface area contributed by atoms with E-state index in [1.54, 1.807) is 12.1 Å². The molecule has 2 aromatic heterocycles. The third kappa shape index (κ3) is 1.90. The third-order valence-corrected chi connectivity index (χ3v) is 2.99. The fourth-order valence-corrected chi connectivity index (χ4v) is 2.15. The van der Waals surface area contributed by atoms with E-state index in [0.717, 1.165) is 6.07 Å². The average Bonchev–Trinajstić information content (AvgIpc) is 2.70. The highest BCUT2D eigenvalue weighted by Crippen LogP contribution is 2.34. The predicted octanol–water partition coefficient (Wildman–Crippen LogP) is 2.75. The van der Waals surface area contributed by atoms with Gasteiger partial charge in [-0.25, -0.2) is 0 Å². The molecule has 16 heavy (non-hydrogen) atoms. The standard InChI is InChI=1S/C9H8F3N3S/c1-15-5(6-2-3-8(13)16-6)4-7(14-15)9(10,11)12/h2-4H,13H2,1H3. The van der Waals surface area contributed by atoms with Crippen LogP contribution < -0.4 is 5.73 Å². The van der Waals surface area contributed by atoms with Crippen LogP contribution >= 0.6 is 11.3 Å². The van der Waals surface area contributed by atoms with Crippen LogP contribution in [0.25, 0.3) is 10.6 Å². The molecule has 0 saturated carbocycles. The quantitative estimate of drug-likeness (QED) is 0.842. The molecule has 0 atom stereocenters. The molecule has 0 aliphatic heterocycles. The SMILES string of the molecule is Cn1nc(C(F)(F)F)cc1-c1ccc(N)s1. The largest absolute Gasteiger partial charge is 0.435 e. The molecule has 0 aromatic carbocycles. The Balaban J connectivity index is 2.47. The van der Waals surface area contributed by atoms with Crippen molar-refractivity contribution in [3.8, 4) is 10.6 Å². The van der Waals surface area contributed by atoms with E-state index in [1.165, 1.54) is 23.1 Å². The third-order valence-electron chi connectivity index (χ3n) is 2.05. The van der Waals surface area contributed by atoms with E-state index in [9.17, 15) is 13.2 Å². The van der Waals surface area contributed by atoms with Crippen molar-refractivity contribution in [1.29, 1.82) is 0 Å². The van der Waals surface area contributed by atoms with Crippen molar-refractivity contribution in [2.24, 2.45) is 7.05 Å². The van der Waals surface area contributed by atoms with Crippen LogP contribution in [0.2, 0.25) is 0 Å². The molecule has 0 saturated heterocycles. The molecule has 0 spiro atoms. The summed E-state index contributed by atoms with van der Waals surface area (Å²) in [5.74, 6) is 0. The van der Waals surface area contributed by atoms with Gasteiger partial charge in [-0.2, -0.15) is 18.3 Å². The van der Waals surface area contributed by atoms with Crippen LogP contribution in [0, 0.1) is 0 Å². The summed E-state index contributed by atoms with van der Waals surface area (Å²) < 4.78 is 38.4. The first-order valence-electron chi connectivity index (χ1n) is 4.35. The fourth-order valence-electron chi connectivity index (χ4n) is 1.33. The van der Waals surface area contributed by atoms with Crippen molar-refractivity contribution in [2.45, 2.75) is 6.18 Å². The minimum atomic E-state index is -4.42. The van der Waals surface area contributed by atoms with E-state index in [1.807, 2.05) is 0 Å². The van der Waals surface area contributed by atoms with E-state index >= 15 is 0 Å². The number of aromatic nitrogens is 2. The van der Waals surface area contributed by atoms with Gasteiger partial charge in [0.1, 0.15) is 0 Å². The molecular weight excluding hydrogens is 239 g/mol. The number of hydrogen-bond donors (Lipinski definition) is 1. The van der Waals surface area contributed by atoms with E-state index in [-0.39, 0.29) is 0 Å². The Morgan fingerprint density at radius 2 is 2.06 bits per heavy atom. The minimum Gasteiger partial charge on any atom is -0.391 e. The van der Waals surface area contributed by atoms with Crippen LogP contribution in [0.3, 0.4) is 0 Å². The molecule has 2 rings (SSSR count). The Hall–Kier alpha value is -1.50. The Labute approximate surface area is 93.3 Å². The summed E-state index contributed by atoms with van der Waals surface area (Å²) in [6.07, 6.45) is -4.42. The highest BCUT2D eigenvalue weighted by molar-refractivity contribution is 7.19. The lowest BCUT2D eigenvalue weighted by atomic mass is 10.3. The molecule has 2 aromatic rings. The Morgan fingerprint density at radius 1 is 1.38 bits per heavy atom. The first kappa shape index (κ1) is 11.0. The van der Waals surface area contributed by atoms with E-state index in [4.69, 9.17) is 5.73 Å². The van der Waals surface area contributed by atoms with Crippen molar-refractivity contribution in [2.75, 3.05) is 5.73 Å². The maximum absolute atomic E-state index is 12.4. The molecular formula is C9H8F3N3S. The van der Waals surface area contributed by atoms with Crippen molar-refractivity contribution in [3.63, 3.8) is 0 Å². The molecule has 0 bridgehead atoms. The fraction of sp³-hybridized carbons (Fsp3) is 0.222. The van der Waals surface area contributed by atoms with E-state index in [2.05, 4.69) is 5.10 Å². The second-order valence-electron chi connectivity index (χ2n) is 3.24. The number of alkyl halides is 3. The van der Waals surface area contributed by atoms with Gasteiger partial charge in [0.05, 0.1) is 15.6 Å². The molecule has 0 aliphatic rings. The number of hydrogen-bond acceptors (Lipinski definition) is 3. The summed E-state index contributed by atoms with van der Waals surface area (Å²) in [4.78, 5) is 0.669. The number of anilines is 1. The number of aryl methyl sites for hydroxylation is 1. The van der Waals surface area contributed by atoms with Gasteiger partial charge in [0.25, 0.3) is 0 Å². The molecule has 0 fully saturated rings. The minimum absolute atomic E-state index is 0.411. The normalized spacial score (nSPS) is 12.0. The molecule has 0 unspecified atom stereocenters. The van der Waals surface area contributed by atoms with Gasteiger partial charge >= 0.3 is 6.18 Å². The smallest absolute Gasteiger partial charge is 0.391 e. The van der Waals surface area contributed by atoms with Gasteiger partial charge < -0.3 is 5.73 Å². The zero-order chi connectivity index (χ0) is 11.9. The van der Waals surface area contributed by atoms with Crippen molar-refractivity contribution >= 4 is 16.3 Å². The summed E-state index contributed by atoms with van der Waals surface area (Å²) in [7, 11) is 1.47. The molecule has 2 heterocycles. The summed E-state index contributed by atoms with van der Waals surface area (Å²) in [6.45, 7) is 0. The van der Waals surface area contributed by atoms with Gasteiger partial charge in [-0.1, -0.05) is 0 Å². The summed E-state index contributed by atoms with van der Waals surface area (Å²) >= 11 is 1.23. The Kier molecular flexibility index (Phi) is 2.42. The highest BCUT2D eigenvalue weighted by atomic mass is 32.1. The lowest BCUT2D eigenvalue weighted by Gasteiger charge is -1.98. The first-order valence-corrected chi connectivity index (χ1v) is 5.16. The van der Waals surface area contributed by atoms with Crippen molar-refractivity contribution < 1.29 is 13.2 Å². The monoisotopic (exact) mass is 247 g/mol. The van der Waals surface area contributed by atoms with E-state index < -0.39 is 11.9 Å². The number of rotatable bonds is 1. The molecule has 0 aliphatic carbocycles. The highest BCUT2D eigenvalue weighted by Gasteiger charge is 2.34. The maximum Gasteiger partial charge on any atom is 0.435 e. The van der Waals surface area contributed by atoms with Crippen molar-refractivity contribution in [1.82, 2.24) is 9.78 Å². The van der Waals surface area contributed by atoms with Crippen LogP contribution in [-0.4, -0.2) is 9.78 Å². The van der Waals surface area contributed by atoms with E-state index in [0.29, 0.717) is 15.6 Å². The number of nitrogens with two attached hydrogens (primary N) is 1. The van der Waals surface area contributed by atoms with Crippen LogP contribution in [0.1, 0.15) is 5.69 Å². The topological polar surface area (TPSA) is 43.8 Å². The molecule has 0 amide bonds. The molecule has 7 heteroatoms. The Bertz CT molecular complexity index is 512. The van der Waals surface area contributed by atoms with Gasteiger partial charge in [-0.05, 0) is 18.2 Å². The van der Waals surface area contributed by atoms with Gasteiger partial charge in [-0.3, -0.25) is 4.68 Å². The first-order chi connectivity index (χ1) is 7.38. The van der Waals surface area contributed by atoms with Gasteiger partial charge in [0.2, 0.25) is 0 Å². The number of nitrogen functional groups attached to an aromatic ring is 1. The number of nitrogens with zero attached hydrogens (tertiary/aromatic N) is 2. The summed E-state index contributed by atoms with van der Waals surface area (Å²) in [6, 6.07) is 4.35. The second-order valence-corrected chi connectivity index (χ2v) is 4.35. The summed E-state index contributed by atoms with van der Waals surface area (Å²) in [5.41, 5.74) is 5.04. The molecule has 3 nitrogen and oxygen atoms in total. The summed E-state index contributed by atoms with van der Waals surface area (Å²) in [5, 5.41) is 3.99. The second kappa shape index (κ2) is 3.51. The van der Waals surface area contributed by atoms with Crippen molar-refractivity contribution in [3.05, 3.63) is 23.9 Å². The Morgan fingerprint density at radius 3 is 2.50 bits per heavy atom. The molecule has 0 radical (unpaired) electrons. The van der Waals surface area contributed by atoms with Gasteiger partial charge in [0, 0.05) is 7.05 Å². The maximum atomic E-state index is 12.4. The zero-order valence-electron chi connectivity index (χ0n) is 8.25. The van der Waals surface area contributed by atoms with Crippen LogP contribution in [0.4, 0.5) is 18.2 Å². The van der Waals surface area contributed by atoms with Gasteiger partial charge in [0.15, 0.2) is 5.69 Å². The number of thiophene rings is 1. The predicted molar refractivity (Wildman–Crippen MR) is 55.9 cm³/mol. The van der Waals surface area contributed by atoms with Gasteiger partial charge in [-0.15, -0.1) is 11.3 Å².